The summed E-state index contributed by atoms with van der Waals surface area (Å²) in [7, 11) is 1.64. The van der Waals surface area contributed by atoms with Crippen LogP contribution < -0.4 is 4.74 Å². The Labute approximate surface area is 106 Å². The highest BCUT2D eigenvalue weighted by Gasteiger charge is 1.93. The lowest BCUT2D eigenvalue weighted by atomic mass is 10.2. The minimum absolute atomic E-state index is 0.423. The van der Waals surface area contributed by atoms with E-state index < -0.39 is 0 Å². The van der Waals surface area contributed by atoms with E-state index in [4.69, 9.17) is 10.00 Å². The van der Waals surface area contributed by atoms with E-state index in [1.54, 1.807) is 13.2 Å². The first kappa shape index (κ1) is 11.9. The van der Waals surface area contributed by atoms with Crippen LogP contribution >= 0.6 is 0 Å². The Kier molecular flexibility index (Phi) is 3.72. The third-order valence-corrected chi connectivity index (χ3v) is 2.45. The molecule has 2 aromatic rings. The molecule has 0 bridgehead atoms. The maximum Gasteiger partial charge on any atom is 0.141 e. The standard InChI is InChI=1S/C15H12N2O/c1-18-15-9-6-12(7-10-15)5-8-13-3-2-4-14(11-16)17-13/h2-10H,1H3. The molecule has 2 rings (SSSR count). The molecular formula is C15H12N2O. The number of nitrogens with zero attached hydrogens (tertiary/aromatic N) is 2. The molecule has 1 heterocycles. The molecule has 0 fully saturated rings. The van der Waals surface area contributed by atoms with Crippen molar-refractivity contribution in [1.82, 2.24) is 4.98 Å². The third kappa shape index (κ3) is 2.96. The van der Waals surface area contributed by atoms with Crippen molar-refractivity contribution in [2.45, 2.75) is 0 Å². The molecule has 18 heavy (non-hydrogen) atoms. The van der Waals surface area contributed by atoms with Crippen LogP contribution in [0.1, 0.15) is 17.0 Å². The van der Waals surface area contributed by atoms with Crippen molar-refractivity contribution in [2.24, 2.45) is 0 Å². The number of ether oxygens (including phenoxy) is 1. The minimum atomic E-state index is 0.423. The molecule has 0 spiro atoms. The second-order valence-electron chi connectivity index (χ2n) is 3.67. The van der Waals surface area contributed by atoms with Crippen LogP contribution in [0.25, 0.3) is 12.2 Å². The van der Waals surface area contributed by atoms with Crippen LogP contribution in [-0.2, 0) is 0 Å². The Balaban J connectivity index is 2.16. The van der Waals surface area contributed by atoms with Crippen molar-refractivity contribution in [2.75, 3.05) is 7.11 Å². The van der Waals surface area contributed by atoms with Gasteiger partial charge in [0.15, 0.2) is 0 Å². The Bertz CT molecular complexity index is 595. The lowest BCUT2D eigenvalue weighted by Gasteiger charge is -1.99. The van der Waals surface area contributed by atoms with Gasteiger partial charge in [-0.15, -0.1) is 0 Å². The van der Waals surface area contributed by atoms with Crippen LogP contribution in [-0.4, -0.2) is 12.1 Å². The number of aromatic nitrogens is 1. The van der Waals surface area contributed by atoms with E-state index in [-0.39, 0.29) is 0 Å². The molecule has 0 saturated heterocycles. The zero-order valence-corrected chi connectivity index (χ0v) is 10.00. The molecule has 88 valence electrons. The van der Waals surface area contributed by atoms with Crippen molar-refractivity contribution < 1.29 is 4.74 Å². The predicted molar refractivity (Wildman–Crippen MR) is 70.9 cm³/mol. The molecule has 0 radical (unpaired) electrons. The summed E-state index contributed by atoms with van der Waals surface area (Å²) in [6, 6.07) is 15.1. The molecule has 0 saturated carbocycles. The first-order chi connectivity index (χ1) is 8.81. The van der Waals surface area contributed by atoms with Gasteiger partial charge in [0, 0.05) is 0 Å². The lowest BCUT2D eigenvalue weighted by molar-refractivity contribution is 0.415. The van der Waals surface area contributed by atoms with E-state index in [1.807, 2.05) is 54.6 Å². The first-order valence-electron chi connectivity index (χ1n) is 5.51. The largest absolute Gasteiger partial charge is 0.497 e. The number of methoxy groups -OCH3 is 1. The summed E-state index contributed by atoms with van der Waals surface area (Å²) in [5.41, 5.74) is 2.25. The molecule has 1 aromatic heterocycles. The second kappa shape index (κ2) is 5.65. The van der Waals surface area contributed by atoms with E-state index >= 15 is 0 Å². The Morgan fingerprint density at radius 2 is 1.89 bits per heavy atom. The lowest BCUT2D eigenvalue weighted by Crippen LogP contribution is -1.85. The predicted octanol–water partition coefficient (Wildman–Crippen LogP) is 3.13. The number of pyridine rings is 1. The molecule has 0 aliphatic carbocycles. The summed E-state index contributed by atoms with van der Waals surface area (Å²) in [5, 5.41) is 8.75. The molecule has 1 aromatic carbocycles. The molecule has 0 atom stereocenters. The maximum absolute atomic E-state index is 8.75. The number of rotatable bonds is 3. The van der Waals surface area contributed by atoms with E-state index in [0.29, 0.717) is 5.69 Å². The fourth-order valence-corrected chi connectivity index (χ4v) is 1.50. The summed E-state index contributed by atoms with van der Waals surface area (Å²) in [6.07, 6.45) is 3.82. The van der Waals surface area contributed by atoms with Gasteiger partial charge in [-0.05, 0) is 35.9 Å². The zero-order chi connectivity index (χ0) is 12.8. The summed E-state index contributed by atoms with van der Waals surface area (Å²) in [6.45, 7) is 0. The molecule has 0 unspecified atom stereocenters. The smallest absolute Gasteiger partial charge is 0.141 e. The maximum atomic E-state index is 8.75. The first-order valence-corrected chi connectivity index (χ1v) is 5.51. The van der Waals surface area contributed by atoms with Gasteiger partial charge in [0.25, 0.3) is 0 Å². The van der Waals surface area contributed by atoms with Gasteiger partial charge in [0.2, 0.25) is 0 Å². The summed E-state index contributed by atoms with van der Waals surface area (Å²) in [4.78, 5) is 4.17. The average Bonchev–Trinajstić information content (AvgIpc) is 2.46. The van der Waals surface area contributed by atoms with Crippen LogP contribution in [0.4, 0.5) is 0 Å². The van der Waals surface area contributed by atoms with Gasteiger partial charge in [-0.3, -0.25) is 0 Å². The van der Waals surface area contributed by atoms with Crippen LogP contribution in [0.3, 0.4) is 0 Å². The highest BCUT2D eigenvalue weighted by Crippen LogP contribution is 2.13. The summed E-state index contributed by atoms with van der Waals surface area (Å²) in [5.74, 6) is 0.830. The monoisotopic (exact) mass is 236 g/mol. The fraction of sp³-hybridized carbons (Fsp3) is 0.0667. The van der Waals surface area contributed by atoms with E-state index in [9.17, 15) is 0 Å². The Morgan fingerprint density at radius 1 is 1.11 bits per heavy atom. The molecule has 0 aliphatic heterocycles. The number of nitriles is 1. The third-order valence-electron chi connectivity index (χ3n) is 2.45. The van der Waals surface area contributed by atoms with E-state index in [1.165, 1.54) is 0 Å². The van der Waals surface area contributed by atoms with E-state index in [0.717, 1.165) is 17.0 Å². The normalized spacial score (nSPS) is 10.2. The van der Waals surface area contributed by atoms with Crippen molar-refractivity contribution in [3.63, 3.8) is 0 Å². The fourth-order valence-electron chi connectivity index (χ4n) is 1.50. The van der Waals surface area contributed by atoms with Gasteiger partial charge in [-0.25, -0.2) is 4.98 Å². The van der Waals surface area contributed by atoms with Crippen LogP contribution in [0, 0.1) is 11.3 Å². The number of hydrogen-bond acceptors (Lipinski definition) is 3. The zero-order valence-electron chi connectivity index (χ0n) is 10.00. The molecule has 3 nitrogen and oxygen atoms in total. The number of benzene rings is 1. The Hall–Kier alpha value is -2.60. The van der Waals surface area contributed by atoms with Crippen LogP contribution in [0.15, 0.2) is 42.5 Å². The van der Waals surface area contributed by atoms with Gasteiger partial charge in [-0.1, -0.05) is 24.3 Å². The summed E-state index contributed by atoms with van der Waals surface area (Å²) < 4.78 is 5.09. The topological polar surface area (TPSA) is 45.9 Å². The van der Waals surface area contributed by atoms with Crippen LogP contribution in [0.2, 0.25) is 0 Å². The number of hydrogen-bond donors (Lipinski definition) is 0. The van der Waals surface area contributed by atoms with Gasteiger partial charge in [0.1, 0.15) is 17.5 Å². The van der Waals surface area contributed by atoms with Crippen LogP contribution in [0.5, 0.6) is 5.75 Å². The highest BCUT2D eigenvalue weighted by molar-refractivity contribution is 5.68. The molecule has 3 heteroatoms. The van der Waals surface area contributed by atoms with Gasteiger partial charge < -0.3 is 4.74 Å². The molecule has 0 amide bonds. The average molecular weight is 236 g/mol. The summed E-state index contributed by atoms with van der Waals surface area (Å²) >= 11 is 0. The molecule has 0 N–H and O–H groups in total. The highest BCUT2D eigenvalue weighted by atomic mass is 16.5. The Morgan fingerprint density at radius 3 is 2.56 bits per heavy atom. The van der Waals surface area contributed by atoms with Crippen molar-refractivity contribution in [3.8, 4) is 11.8 Å². The van der Waals surface area contributed by atoms with E-state index in [2.05, 4.69) is 4.98 Å². The quantitative estimate of drug-likeness (QED) is 0.822. The second-order valence-corrected chi connectivity index (χ2v) is 3.67. The van der Waals surface area contributed by atoms with Gasteiger partial charge >= 0.3 is 0 Å². The van der Waals surface area contributed by atoms with Gasteiger partial charge in [0.05, 0.1) is 12.8 Å². The van der Waals surface area contributed by atoms with Crippen molar-refractivity contribution >= 4 is 12.2 Å². The minimum Gasteiger partial charge on any atom is -0.497 e. The van der Waals surface area contributed by atoms with Crippen molar-refractivity contribution in [3.05, 3.63) is 59.4 Å². The molecule has 0 aliphatic rings. The van der Waals surface area contributed by atoms with Crippen molar-refractivity contribution in [1.29, 1.82) is 5.26 Å². The SMILES string of the molecule is COc1ccc(C=Cc2cccc(C#N)n2)cc1. The van der Waals surface area contributed by atoms with Gasteiger partial charge in [-0.2, -0.15) is 5.26 Å². The molecular weight excluding hydrogens is 224 g/mol.